The molecule has 2 rings (SSSR count). The number of methoxy groups -OCH3 is 1. The molecule has 0 aliphatic heterocycles. The van der Waals surface area contributed by atoms with Gasteiger partial charge in [-0.2, -0.15) is 0 Å². The van der Waals surface area contributed by atoms with Crippen LogP contribution in [0.1, 0.15) is 19.9 Å². The second kappa shape index (κ2) is 5.44. The van der Waals surface area contributed by atoms with Crippen molar-refractivity contribution in [2.75, 3.05) is 19.1 Å². The van der Waals surface area contributed by atoms with Crippen molar-refractivity contribution >= 4 is 23.9 Å². The molecule has 0 amide bonds. The van der Waals surface area contributed by atoms with Crippen LogP contribution in [0.2, 0.25) is 0 Å². The summed E-state index contributed by atoms with van der Waals surface area (Å²) in [6.45, 7) is 4.16. The van der Waals surface area contributed by atoms with Crippen molar-refractivity contribution in [3.63, 3.8) is 0 Å². The van der Waals surface area contributed by atoms with Gasteiger partial charge in [0.15, 0.2) is 4.77 Å². The maximum Gasteiger partial charge on any atom is 0.230 e. The molecule has 1 N–H and O–H groups in total. The van der Waals surface area contributed by atoms with Crippen LogP contribution in [0.3, 0.4) is 0 Å². The summed E-state index contributed by atoms with van der Waals surface area (Å²) < 4.78 is 7.85. The van der Waals surface area contributed by atoms with Crippen LogP contribution in [0.15, 0.2) is 24.3 Å². The lowest BCUT2D eigenvalue weighted by Gasteiger charge is -2.21. The zero-order valence-electron chi connectivity index (χ0n) is 11.5. The van der Waals surface area contributed by atoms with Crippen molar-refractivity contribution in [3.05, 3.63) is 29.0 Å². The number of rotatable bonds is 4. The molecule has 0 atom stereocenters. The Kier molecular flexibility index (Phi) is 3.90. The molecule has 0 bridgehead atoms. The zero-order chi connectivity index (χ0) is 14.0. The monoisotopic (exact) mass is 278 g/mol. The van der Waals surface area contributed by atoms with Crippen molar-refractivity contribution in [1.29, 1.82) is 0 Å². The van der Waals surface area contributed by atoms with Crippen LogP contribution in [0.5, 0.6) is 5.75 Å². The molecule has 1 aromatic carbocycles. The van der Waals surface area contributed by atoms with Gasteiger partial charge >= 0.3 is 0 Å². The fourth-order valence-corrected chi connectivity index (χ4v) is 2.27. The Morgan fingerprint density at radius 1 is 1.42 bits per heavy atom. The van der Waals surface area contributed by atoms with E-state index in [4.69, 9.17) is 17.0 Å². The first-order valence-corrected chi connectivity index (χ1v) is 6.50. The van der Waals surface area contributed by atoms with Crippen molar-refractivity contribution in [1.82, 2.24) is 14.8 Å². The predicted molar refractivity (Wildman–Crippen MR) is 78.9 cm³/mol. The fourth-order valence-electron chi connectivity index (χ4n) is 1.93. The Hall–Kier alpha value is -1.82. The molecule has 0 saturated heterocycles. The highest BCUT2D eigenvalue weighted by molar-refractivity contribution is 7.71. The molecular weight excluding hydrogens is 260 g/mol. The Morgan fingerprint density at radius 3 is 2.79 bits per heavy atom. The summed E-state index contributed by atoms with van der Waals surface area (Å²) in [7, 11) is 3.61. The van der Waals surface area contributed by atoms with Crippen molar-refractivity contribution in [2.24, 2.45) is 0 Å². The summed E-state index contributed by atoms with van der Waals surface area (Å²) in [6, 6.07) is 8.07. The summed E-state index contributed by atoms with van der Waals surface area (Å²) in [4.78, 5) is 1.98. The van der Waals surface area contributed by atoms with Crippen LogP contribution in [0, 0.1) is 4.77 Å². The number of ether oxygens (including phenoxy) is 1. The number of H-pyrrole nitrogens is 1. The van der Waals surface area contributed by atoms with Crippen molar-refractivity contribution in [3.8, 4) is 5.75 Å². The summed E-state index contributed by atoms with van der Waals surface area (Å²) in [5.41, 5.74) is 0.996. The van der Waals surface area contributed by atoms with Gasteiger partial charge in [0, 0.05) is 24.8 Å². The van der Waals surface area contributed by atoms with Gasteiger partial charge in [0.05, 0.1) is 7.11 Å². The number of nitrogens with one attached hydrogen (secondary N) is 1. The lowest BCUT2D eigenvalue weighted by molar-refractivity contribution is 0.415. The number of hydrogen-bond acceptors (Lipinski definition) is 4. The van der Waals surface area contributed by atoms with E-state index in [1.54, 1.807) is 7.11 Å². The molecule has 6 heteroatoms. The van der Waals surface area contributed by atoms with E-state index in [-0.39, 0.29) is 6.04 Å². The molecule has 0 aliphatic rings. The first-order valence-electron chi connectivity index (χ1n) is 6.09. The molecule has 0 saturated carbocycles. The molecule has 0 spiro atoms. The third-order valence-corrected chi connectivity index (χ3v) is 3.23. The van der Waals surface area contributed by atoms with Gasteiger partial charge in [-0.25, -0.2) is 5.10 Å². The van der Waals surface area contributed by atoms with Crippen molar-refractivity contribution < 1.29 is 4.74 Å². The van der Waals surface area contributed by atoms with Gasteiger partial charge in [-0.3, -0.25) is 4.57 Å². The molecule has 102 valence electrons. The van der Waals surface area contributed by atoms with Gasteiger partial charge in [-0.1, -0.05) is 6.07 Å². The lowest BCUT2D eigenvalue weighted by atomic mass is 10.3. The van der Waals surface area contributed by atoms with E-state index in [1.165, 1.54) is 0 Å². The van der Waals surface area contributed by atoms with Crippen LogP contribution in [-0.4, -0.2) is 28.9 Å². The number of nitrogens with zero attached hydrogens (tertiary/aromatic N) is 3. The second-order valence-electron chi connectivity index (χ2n) is 4.55. The molecule has 5 nitrogen and oxygen atoms in total. The fraction of sp³-hybridized carbons (Fsp3) is 0.385. The number of aromatic amines is 1. The highest BCUT2D eigenvalue weighted by atomic mass is 32.1. The van der Waals surface area contributed by atoms with Crippen LogP contribution in [0.4, 0.5) is 11.6 Å². The maximum atomic E-state index is 5.26. The number of hydrogen-bond donors (Lipinski definition) is 1. The quantitative estimate of drug-likeness (QED) is 0.872. The van der Waals surface area contributed by atoms with E-state index in [0.29, 0.717) is 4.77 Å². The van der Waals surface area contributed by atoms with Crippen LogP contribution < -0.4 is 9.64 Å². The summed E-state index contributed by atoms with van der Waals surface area (Å²) in [6.07, 6.45) is 0. The number of benzene rings is 1. The van der Waals surface area contributed by atoms with Crippen LogP contribution in [-0.2, 0) is 0 Å². The van der Waals surface area contributed by atoms with E-state index in [1.807, 2.05) is 40.8 Å². The zero-order valence-corrected chi connectivity index (χ0v) is 12.4. The van der Waals surface area contributed by atoms with E-state index in [9.17, 15) is 0 Å². The Bertz CT molecular complexity index is 617. The third-order valence-electron chi connectivity index (χ3n) is 2.94. The Balaban J connectivity index is 2.44. The minimum absolute atomic E-state index is 0.245. The molecule has 0 unspecified atom stereocenters. The number of anilines is 2. The molecule has 1 aromatic heterocycles. The smallest absolute Gasteiger partial charge is 0.230 e. The van der Waals surface area contributed by atoms with Crippen LogP contribution in [0.25, 0.3) is 0 Å². The van der Waals surface area contributed by atoms with Gasteiger partial charge in [0.2, 0.25) is 5.95 Å². The molecule has 0 fully saturated rings. The molecule has 0 aliphatic carbocycles. The van der Waals surface area contributed by atoms with Gasteiger partial charge in [-0.05, 0) is 38.2 Å². The van der Waals surface area contributed by atoms with E-state index < -0.39 is 0 Å². The van der Waals surface area contributed by atoms with Crippen LogP contribution >= 0.6 is 12.2 Å². The second-order valence-corrected chi connectivity index (χ2v) is 4.94. The molecule has 0 radical (unpaired) electrons. The lowest BCUT2D eigenvalue weighted by Crippen LogP contribution is -2.17. The molecular formula is C13H18N4OS. The van der Waals surface area contributed by atoms with E-state index in [2.05, 4.69) is 24.0 Å². The Morgan fingerprint density at radius 2 is 2.16 bits per heavy atom. The topological polar surface area (TPSA) is 46.1 Å². The van der Waals surface area contributed by atoms with Gasteiger partial charge in [0.1, 0.15) is 5.75 Å². The summed E-state index contributed by atoms with van der Waals surface area (Å²) >= 11 is 5.26. The van der Waals surface area contributed by atoms with Gasteiger partial charge < -0.3 is 9.64 Å². The summed E-state index contributed by atoms with van der Waals surface area (Å²) in [5, 5.41) is 7.14. The Labute approximate surface area is 117 Å². The molecule has 1 heterocycles. The van der Waals surface area contributed by atoms with E-state index in [0.717, 1.165) is 17.4 Å². The SMILES string of the molecule is COc1cccc(N(C)c2n[nH]c(=S)n2C(C)C)c1. The average Bonchev–Trinajstić information content (AvgIpc) is 2.80. The average molecular weight is 278 g/mol. The predicted octanol–water partition coefficient (Wildman–Crippen LogP) is 3.30. The van der Waals surface area contributed by atoms with Crippen molar-refractivity contribution in [2.45, 2.75) is 19.9 Å². The van der Waals surface area contributed by atoms with Gasteiger partial charge in [0.25, 0.3) is 0 Å². The third kappa shape index (κ3) is 2.63. The standard InChI is InChI=1S/C13H18N4OS/c1-9(2)17-12(14-15-13(17)19)16(3)10-6-5-7-11(8-10)18-4/h5-9H,1-4H3,(H,15,19). The highest BCUT2D eigenvalue weighted by Crippen LogP contribution is 2.27. The van der Waals surface area contributed by atoms with E-state index >= 15 is 0 Å². The molecule has 2 aromatic rings. The minimum Gasteiger partial charge on any atom is -0.497 e. The number of aromatic nitrogens is 3. The maximum absolute atomic E-state index is 5.26. The highest BCUT2D eigenvalue weighted by Gasteiger charge is 2.15. The first-order chi connectivity index (χ1) is 9.04. The normalized spacial score (nSPS) is 10.8. The molecule has 19 heavy (non-hydrogen) atoms. The largest absolute Gasteiger partial charge is 0.497 e. The summed E-state index contributed by atoms with van der Waals surface area (Å²) in [5.74, 6) is 1.60. The van der Waals surface area contributed by atoms with Gasteiger partial charge in [-0.15, -0.1) is 5.10 Å². The first kappa shape index (κ1) is 13.6. The minimum atomic E-state index is 0.245.